The Kier molecular flexibility index (Phi) is 11.3. The van der Waals surface area contributed by atoms with E-state index in [2.05, 4.69) is 156 Å². The molecule has 0 heterocycles. The van der Waals surface area contributed by atoms with Crippen molar-refractivity contribution < 1.29 is 18.9 Å². The summed E-state index contributed by atoms with van der Waals surface area (Å²) in [6.45, 7) is 27.2. The van der Waals surface area contributed by atoms with Gasteiger partial charge in [0.2, 0.25) is 0 Å². The predicted molar refractivity (Wildman–Crippen MR) is 230 cm³/mol. The van der Waals surface area contributed by atoms with Gasteiger partial charge in [0.05, 0.1) is 28.4 Å². The van der Waals surface area contributed by atoms with Crippen molar-refractivity contribution in [2.75, 3.05) is 28.4 Å². The van der Waals surface area contributed by atoms with E-state index in [9.17, 15) is 0 Å². The van der Waals surface area contributed by atoms with E-state index >= 15 is 0 Å². The van der Waals surface area contributed by atoms with Crippen molar-refractivity contribution in [1.82, 2.24) is 0 Å². The van der Waals surface area contributed by atoms with E-state index < -0.39 is 0 Å². The maximum atomic E-state index is 6.30. The second kappa shape index (κ2) is 15.0. The lowest BCUT2D eigenvalue weighted by atomic mass is 9.81. The average Bonchev–Trinajstić information content (AvgIpc) is 3.07. The third kappa shape index (κ3) is 8.59. The largest absolute Gasteiger partial charge is 0.496 e. The van der Waals surface area contributed by atoms with Crippen LogP contribution in [-0.2, 0) is 34.5 Å². The number of methoxy groups -OCH3 is 4. The molecule has 0 unspecified atom stereocenters. The van der Waals surface area contributed by atoms with Gasteiger partial charge in [0.1, 0.15) is 23.0 Å². The van der Waals surface area contributed by atoms with Gasteiger partial charge in [-0.15, -0.1) is 0 Å². The van der Waals surface area contributed by atoms with Crippen LogP contribution in [0.5, 0.6) is 23.0 Å². The Morgan fingerprint density at radius 3 is 0.648 bits per heavy atom. The van der Waals surface area contributed by atoms with E-state index in [1.54, 1.807) is 28.4 Å². The van der Waals surface area contributed by atoms with E-state index in [0.717, 1.165) is 67.5 Å². The standard InChI is InChI=1S/C50H64O4/c1-47(2,3)39-23-31-17-18-32-24-41(49(7,8)9)29-37(45(32)53-15)22-38-30-42(50(10,11)12)26-34(46(38)54-16)20-19-33-25-40(48(4,5)6)28-36(44(33)52-14)21-35(27-39)43(31)51-13/h17-20,23-30H,21-22H2,1-16H3/b18-17-,20-19-. The molecule has 0 saturated carbocycles. The zero-order chi connectivity index (χ0) is 40.0. The van der Waals surface area contributed by atoms with E-state index in [0.29, 0.717) is 12.8 Å². The summed E-state index contributed by atoms with van der Waals surface area (Å²) in [5, 5.41) is 0. The molecule has 4 aromatic rings. The zero-order valence-corrected chi connectivity index (χ0v) is 36.0. The topological polar surface area (TPSA) is 36.9 Å². The summed E-state index contributed by atoms with van der Waals surface area (Å²) in [6, 6.07) is 18.4. The van der Waals surface area contributed by atoms with Crippen LogP contribution in [-0.4, -0.2) is 28.4 Å². The van der Waals surface area contributed by atoms with Gasteiger partial charge in [-0.1, -0.05) is 132 Å². The van der Waals surface area contributed by atoms with E-state index in [1.807, 2.05) is 0 Å². The molecule has 288 valence electrons. The second-order valence-corrected chi connectivity index (χ2v) is 19.1. The first kappa shape index (κ1) is 40.7. The van der Waals surface area contributed by atoms with Gasteiger partial charge < -0.3 is 18.9 Å². The first-order valence-corrected chi connectivity index (χ1v) is 19.3. The molecule has 0 aromatic heterocycles. The van der Waals surface area contributed by atoms with Crippen LogP contribution in [0.4, 0.5) is 0 Å². The highest BCUT2D eigenvalue weighted by molar-refractivity contribution is 5.80. The average molecular weight is 729 g/mol. The molecule has 0 amide bonds. The van der Waals surface area contributed by atoms with Crippen molar-refractivity contribution >= 4 is 24.3 Å². The number of ether oxygens (including phenoxy) is 4. The molecule has 4 aromatic carbocycles. The zero-order valence-electron chi connectivity index (χ0n) is 36.0. The van der Waals surface area contributed by atoms with Crippen LogP contribution in [0.1, 0.15) is 150 Å². The number of hydrogen-bond donors (Lipinski definition) is 0. The Morgan fingerprint density at radius 2 is 0.500 bits per heavy atom. The van der Waals surface area contributed by atoms with Crippen molar-refractivity contribution in [3.8, 4) is 23.0 Å². The third-order valence-corrected chi connectivity index (χ3v) is 10.7. The summed E-state index contributed by atoms with van der Waals surface area (Å²) in [4.78, 5) is 0. The lowest BCUT2D eigenvalue weighted by molar-refractivity contribution is 0.403. The highest BCUT2D eigenvalue weighted by Gasteiger charge is 2.26. The molecule has 0 saturated heterocycles. The minimum atomic E-state index is -0.0828. The van der Waals surface area contributed by atoms with Crippen LogP contribution < -0.4 is 18.9 Å². The van der Waals surface area contributed by atoms with Crippen LogP contribution >= 0.6 is 0 Å². The van der Waals surface area contributed by atoms with Crippen molar-refractivity contribution in [2.45, 2.75) is 118 Å². The fourth-order valence-electron chi connectivity index (χ4n) is 7.37. The SMILES string of the molecule is COc1c2cc(C(C)(C)C)cc1Cc1cc(C(C)(C)C)cc(c1OC)/C=C\c1cc(C(C)(C)C)cc(c1OC)Cc1cc(C(C)(C)C)cc(c1OC)/C=C\2. The second-order valence-electron chi connectivity index (χ2n) is 19.1. The van der Waals surface area contributed by atoms with Gasteiger partial charge in [-0.2, -0.15) is 0 Å². The quantitative estimate of drug-likeness (QED) is 0.185. The summed E-state index contributed by atoms with van der Waals surface area (Å²) in [5.74, 6) is 3.45. The lowest BCUT2D eigenvalue weighted by Crippen LogP contribution is -2.14. The van der Waals surface area contributed by atoms with Gasteiger partial charge in [0, 0.05) is 35.1 Å². The summed E-state index contributed by atoms with van der Waals surface area (Å²) in [6.07, 6.45) is 10.1. The molecular formula is C50H64O4. The van der Waals surface area contributed by atoms with Gasteiger partial charge >= 0.3 is 0 Å². The molecule has 8 bridgehead atoms. The molecule has 0 radical (unpaired) electrons. The molecule has 0 spiro atoms. The first-order valence-electron chi connectivity index (χ1n) is 19.3. The highest BCUT2D eigenvalue weighted by atomic mass is 16.5. The first-order chi connectivity index (χ1) is 25.1. The minimum absolute atomic E-state index is 0.0828. The molecule has 5 rings (SSSR count). The van der Waals surface area contributed by atoms with Crippen LogP contribution in [0, 0.1) is 0 Å². The third-order valence-electron chi connectivity index (χ3n) is 10.7. The Hall–Kier alpha value is -4.44. The Morgan fingerprint density at radius 1 is 0.315 bits per heavy atom. The van der Waals surface area contributed by atoms with Crippen molar-refractivity contribution in [3.05, 3.63) is 115 Å². The smallest absolute Gasteiger partial charge is 0.129 e. The normalized spacial score (nSPS) is 14.8. The molecule has 1 aliphatic carbocycles. The van der Waals surface area contributed by atoms with Crippen LogP contribution in [0.2, 0.25) is 0 Å². The highest BCUT2D eigenvalue weighted by Crippen LogP contribution is 2.42. The predicted octanol–water partition coefficient (Wildman–Crippen LogP) is 12.7. The number of rotatable bonds is 4. The maximum absolute atomic E-state index is 6.30. The van der Waals surface area contributed by atoms with Crippen LogP contribution in [0.15, 0.2) is 48.5 Å². The summed E-state index contributed by atoms with van der Waals surface area (Å²) < 4.78 is 25.2. The van der Waals surface area contributed by atoms with E-state index in [1.165, 1.54) is 22.3 Å². The molecule has 1 aliphatic rings. The molecule has 4 heteroatoms. The Labute approximate surface area is 326 Å². The monoisotopic (exact) mass is 728 g/mol. The Bertz CT molecular complexity index is 1780. The van der Waals surface area contributed by atoms with Crippen LogP contribution in [0.3, 0.4) is 0 Å². The van der Waals surface area contributed by atoms with Crippen molar-refractivity contribution in [3.63, 3.8) is 0 Å². The minimum Gasteiger partial charge on any atom is -0.496 e. The lowest BCUT2D eigenvalue weighted by Gasteiger charge is -2.26. The summed E-state index contributed by atoms with van der Waals surface area (Å²) in [5.41, 5.74) is 13.2. The maximum Gasteiger partial charge on any atom is 0.129 e. The fraction of sp³-hybridized carbons (Fsp3) is 0.440. The molecule has 0 fully saturated rings. The number of benzene rings is 4. The van der Waals surface area contributed by atoms with Gasteiger partial charge in [-0.3, -0.25) is 0 Å². The van der Waals surface area contributed by atoms with Gasteiger partial charge in [0.25, 0.3) is 0 Å². The van der Waals surface area contributed by atoms with E-state index in [-0.39, 0.29) is 21.7 Å². The van der Waals surface area contributed by atoms with Crippen molar-refractivity contribution in [1.29, 1.82) is 0 Å². The Balaban J connectivity index is 1.96. The fourth-order valence-corrected chi connectivity index (χ4v) is 7.37. The molecule has 0 N–H and O–H groups in total. The molecule has 54 heavy (non-hydrogen) atoms. The summed E-state index contributed by atoms with van der Waals surface area (Å²) in [7, 11) is 7.12. The van der Waals surface area contributed by atoms with Gasteiger partial charge in [-0.25, -0.2) is 0 Å². The summed E-state index contributed by atoms with van der Waals surface area (Å²) >= 11 is 0. The molecule has 4 nitrogen and oxygen atoms in total. The molecule has 0 aliphatic heterocycles. The van der Waals surface area contributed by atoms with Gasteiger partial charge in [0.15, 0.2) is 0 Å². The van der Waals surface area contributed by atoms with Gasteiger partial charge in [-0.05, 0) is 90.4 Å². The van der Waals surface area contributed by atoms with Crippen molar-refractivity contribution in [2.24, 2.45) is 0 Å². The van der Waals surface area contributed by atoms with Crippen LogP contribution in [0.25, 0.3) is 24.3 Å². The van der Waals surface area contributed by atoms with E-state index in [4.69, 9.17) is 18.9 Å². The molecular weight excluding hydrogens is 665 g/mol. The molecule has 0 atom stereocenters. The number of hydrogen-bond acceptors (Lipinski definition) is 4. The number of fused-ring (bicyclic) bond motifs is 8.